The normalized spacial score (nSPS) is 39.9. The van der Waals surface area contributed by atoms with Gasteiger partial charge in [-0.1, -0.05) is 52.2 Å². The summed E-state index contributed by atoms with van der Waals surface area (Å²) in [5, 5.41) is 49.4. The number of aliphatic hydroxyl groups excluding tert-OH is 4. The number of esters is 2. The van der Waals surface area contributed by atoms with Gasteiger partial charge < -0.3 is 64.2 Å². The van der Waals surface area contributed by atoms with Crippen LogP contribution in [0.1, 0.15) is 109 Å². The van der Waals surface area contributed by atoms with Crippen molar-refractivity contribution in [1.29, 1.82) is 0 Å². The molecule has 16 heteroatoms. The highest BCUT2D eigenvalue weighted by Gasteiger charge is 2.63. The predicted octanol–water partition coefficient (Wildman–Crippen LogP) is 4.64. The van der Waals surface area contributed by atoms with Gasteiger partial charge in [0.2, 0.25) is 0 Å². The van der Waals surface area contributed by atoms with Crippen molar-refractivity contribution in [1.82, 2.24) is 10.6 Å². The van der Waals surface area contributed by atoms with Crippen molar-refractivity contribution in [2.24, 2.45) is 46.3 Å². The van der Waals surface area contributed by atoms with E-state index in [1.54, 1.807) is 19.2 Å². The van der Waals surface area contributed by atoms with Crippen LogP contribution in [0.2, 0.25) is 0 Å². The average Bonchev–Trinajstić information content (AvgIpc) is 3.58. The highest BCUT2D eigenvalue weighted by molar-refractivity contribution is 5.89. The van der Waals surface area contributed by atoms with E-state index in [4.69, 9.17) is 33.2 Å². The molecular formula is C49H74N2O14. The molecule has 2 saturated heterocycles. The molecule has 5 fully saturated rings. The van der Waals surface area contributed by atoms with Crippen molar-refractivity contribution >= 4 is 18.0 Å². The van der Waals surface area contributed by atoms with Crippen molar-refractivity contribution in [3.8, 4) is 5.75 Å². The Morgan fingerprint density at radius 2 is 1.58 bits per heavy atom. The Balaban J connectivity index is 1.13. The molecule has 1 aromatic rings. The summed E-state index contributed by atoms with van der Waals surface area (Å²) in [6, 6.07) is 5.96. The van der Waals surface area contributed by atoms with Gasteiger partial charge in [-0.05, 0) is 122 Å². The maximum Gasteiger partial charge on any atom is 0.338 e. The summed E-state index contributed by atoms with van der Waals surface area (Å²) in [6.45, 7) is 10.6. The minimum absolute atomic E-state index is 0.0433. The summed E-state index contributed by atoms with van der Waals surface area (Å²) in [4.78, 5) is 38.1. The van der Waals surface area contributed by atoms with Crippen LogP contribution in [0.15, 0.2) is 35.9 Å². The summed E-state index contributed by atoms with van der Waals surface area (Å²) >= 11 is 0. The Kier molecular flexibility index (Phi) is 15.9. The van der Waals surface area contributed by atoms with Crippen LogP contribution in [0.4, 0.5) is 4.79 Å². The summed E-state index contributed by atoms with van der Waals surface area (Å²) in [6.07, 6.45) is -0.0857. The molecule has 3 saturated carbocycles. The van der Waals surface area contributed by atoms with Gasteiger partial charge in [-0.25, -0.2) is 9.59 Å². The van der Waals surface area contributed by atoms with Crippen LogP contribution < -0.4 is 15.4 Å². The van der Waals surface area contributed by atoms with E-state index in [9.17, 15) is 34.8 Å². The lowest BCUT2D eigenvalue weighted by Crippen LogP contribution is -2.62. The molecule has 1 aromatic carbocycles. The average molecular weight is 915 g/mol. The molecule has 0 bridgehead atoms. The van der Waals surface area contributed by atoms with Crippen molar-refractivity contribution < 1.29 is 68.0 Å². The number of hydrogen-bond donors (Lipinski definition) is 6. The largest absolute Gasteiger partial charge is 0.497 e. The van der Waals surface area contributed by atoms with Crippen LogP contribution in [0, 0.1) is 46.3 Å². The molecule has 2 aliphatic heterocycles. The number of amides is 2. The second-order valence-corrected chi connectivity index (χ2v) is 20.4. The predicted molar refractivity (Wildman–Crippen MR) is 236 cm³/mol. The second kappa shape index (κ2) is 20.9. The zero-order valence-electron chi connectivity index (χ0n) is 39.2. The lowest BCUT2D eigenvalue weighted by molar-refractivity contribution is -0.340. The van der Waals surface area contributed by atoms with Gasteiger partial charge >= 0.3 is 18.0 Å². The SMILES string of the molecule is CNC(=O)NC[C@H](C)CCC[C@@H](C)[C@H]1[C@@H](O[C@@H]2OC[C@H](O)[C@H](O[C@@H]3OC[C@@H](O)[C@H](O)[C@H]3OC(=O)c3ccc(OC)cc3)[C@H]2OC(C)=O)C[C@H]2[C@@H]3CC=C4C[C@@H](O)CC[C@]4(C)[C@H]3CC[C@]12C. The van der Waals surface area contributed by atoms with Gasteiger partial charge in [0.05, 0.1) is 38.1 Å². The summed E-state index contributed by atoms with van der Waals surface area (Å²) in [7, 11) is 3.11. The number of fused-ring (bicyclic) bond motifs is 5. The van der Waals surface area contributed by atoms with E-state index in [0.717, 1.165) is 64.2 Å². The molecule has 2 heterocycles. The van der Waals surface area contributed by atoms with E-state index >= 15 is 0 Å². The molecule has 16 nitrogen and oxygen atoms in total. The summed E-state index contributed by atoms with van der Waals surface area (Å²) < 4.78 is 42.4. The molecule has 4 aliphatic carbocycles. The van der Waals surface area contributed by atoms with Crippen molar-refractivity contribution in [3.05, 3.63) is 41.5 Å². The third-order valence-electron chi connectivity index (χ3n) is 16.3. The number of methoxy groups -OCH3 is 1. The van der Waals surface area contributed by atoms with E-state index in [-0.39, 0.29) is 59.7 Å². The van der Waals surface area contributed by atoms with Gasteiger partial charge in [-0.15, -0.1) is 0 Å². The molecule has 7 rings (SSSR count). The zero-order valence-corrected chi connectivity index (χ0v) is 39.2. The van der Waals surface area contributed by atoms with E-state index in [1.165, 1.54) is 31.7 Å². The minimum atomic E-state index is -1.61. The summed E-state index contributed by atoms with van der Waals surface area (Å²) in [5.41, 5.74) is 1.52. The van der Waals surface area contributed by atoms with Gasteiger partial charge in [0.1, 0.15) is 30.2 Å². The smallest absolute Gasteiger partial charge is 0.338 e. The Bertz CT molecular complexity index is 1830. The lowest BCUT2D eigenvalue weighted by atomic mass is 9.47. The first-order valence-electron chi connectivity index (χ1n) is 23.9. The van der Waals surface area contributed by atoms with Gasteiger partial charge in [-0.3, -0.25) is 4.79 Å². The number of ether oxygens (including phenoxy) is 7. The number of aliphatic hydroxyl groups is 4. The number of carbonyl (C=O) groups is 3. The molecule has 2 amide bonds. The first kappa shape index (κ1) is 49.6. The maximum atomic E-state index is 13.3. The second-order valence-electron chi connectivity index (χ2n) is 20.4. The first-order valence-corrected chi connectivity index (χ1v) is 23.9. The fourth-order valence-electron chi connectivity index (χ4n) is 12.9. The van der Waals surface area contributed by atoms with E-state index < -0.39 is 61.1 Å². The molecule has 0 unspecified atom stereocenters. The Labute approximate surface area is 383 Å². The fraction of sp³-hybridized carbons (Fsp3) is 0.776. The minimum Gasteiger partial charge on any atom is -0.497 e. The number of nitrogens with one attached hydrogen (secondary N) is 2. The molecule has 0 aromatic heterocycles. The lowest BCUT2D eigenvalue weighted by Gasteiger charge is -2.58. The van der Waals surface area contributed by atoms with Gasteiger partial charge in [0, 0.05) is 20.5 Å². The molecule has 65 heavy (non-hydrogen) atoms. The zero-order chi connectivity index (χ0) is 46.8. The monoisotopic (exact) mass is 915 g/mol. The van der Waals surface area contributed by atoms with E-state index in [0.29, 0.717) is 36.0 Å². The van der Waals surface area contributed by atoms with Crippen molar-refractivity contribution in [3.63, 3.8) is 0 Å². The quantitative estimate of drug-likeness (QED) is 0.104. The molecule has 364 valence electrons. The summed E-state index contributed by atoms with van der Waals surface area (Å²) in [5.74, 6) is 0.914. The fourth-order valence-corrected chi connectivity index (χ4v) is 12.9. The van der Waals surface area contributed by atoms with Crippen molar-refractivity contribution in [2.75, 3.05) is 33.9 Å². The Morgan fingerprint density at radius 1 is 0.877 bits per heavy atom. The Morgan fingerprint density at radius 3 is 2.28 bits per heavy atom. The van der Waals surface area contributed by atoms with Crippen LogP contribution in [-0.4, -0.2) is 134 Å². The third-order valence-corrected chi connectivity index (χ3v) is 16.3. The molecule has 0 spiro atoms. The number of carbonyl (C=O) groups excluding carboxylic acids is 3. The topological polar surface area (TPSA) is 221 Å². The number of allylic oxidation sites excluding steroid dienone is 1. The Hall–Kier alpha value is -3.35. The number of rotatable bonds is 15. The van der Waals surface area contributed by atoms with Crippen LogP contribution in [0.3, 0.4) is 0 Å². The standard InChI is InChI=1S/C49H74N2O14/c1-26(23-51-47(58)50-6)9-8-10-27(2)39-38(22-35-33-16-13-30-21-31(53)17-19-48(30,4)34(33)18-20-49(35,39)5)63-46-43(62-28(3)52)41(37(55)25-61-46)65-45-42(40(56)36(54)24-60-45)64-44(57)29-11-14-32(59-7)15-12-29/h11-15,26-27,31,33-43,45-46,53-56H,8-10,16-25H2,1-7H3,(H2,50,51,58)/t26-,27-,31+,33-,34+,35+,36-,37+,38+,39+,40+,41+,42-,43-,45+,46+,48+,49+/m1/s1. The molecular weight excluding hydrogens is 841 g/mol. The highest BCUT2D eigenvalue weighted by atomic mass is 16.7. The van der Waals surface area contributed by atoms with E-state index in [2.05, 4.69) is 44.4 Å². The first-order chi connectivity index (χ1) is 31.0. The van der Waals surface area contributed by atoms with Crippen LogP contribution in [0.5, 0.6) is 5.75 Å². The van der Waals surface area contributed by atoms with Crippen molar-refractivity contribution in [2.45, 2.75) is 160 Å². The number of benzene rings is 1. The molecule has 0 radical (unpaired) electrons. The molecule has 18 atom stereocenters. The highest BCUT2D eigenvalue weighted by Crippen LogP contribution is 2.68. The van der Waals surface area contributed by atoms with Gasteiger partial charge in [0.25, 0.3) is 0 Å². The van der Waals surface area contributed by atoms with Crippen LogP contribution in [0.25, 0.3) is 0 Å². The van der Waals surface area contributed by atoms with Gasteiger partial charge in [0.15, 0.2) is 24.8 Å². The van der Waals surface area contributed by atoms with E-state index in [1.807, 2.05) is 0 Å². The molecule has 6 aliphatic rings. The van der Waals surface area contributed by atoms with Gasteiger partial charge in [-0.2, -0.15) is 0 Å². The number of hydrogen-bond acceptors (Lipinski definition) is 14. The molecule has 6 N–H and O–H groups in total. The third kappa shape index (κ3) is 10.5. The van der Waals surface area contributed by atoms with Crippen LogP contribution in [-0.2, 0) is 33.2 Å². The number of urea groups is 1. The maximum absolute atomic E-state index is 13.3. The van der Waals surface area contributed by atoms with Crippen LogP contribution >= 0.6 is 0 Å².